The van der Waals surface area contributed by atoms with Crippen molar-refractivity contribution in [1.82, 2.24) is 9.88 Å². The standard InChI is InChI=1S/C14H14Cl2N2O2/c1-8(9-5-3-4-6-12(9)19)18(2)14(20)11-7-10(15)13(16)17-11/h3-8,17,19H,1-2H3. The van der Waals surface area contributed by atoms with Gasteiger partial charge in [0, 0.05) is 12.6 Å². The molecule has 1 amide bonds. The summed E-state index contributed by atoms with van der Waals surface area (Å²) in [5, 5.41) is 10.4. The number of carbonyl (C=O) groups excluding carboxylic acids is 1. The van der Waals surface area contributed by atoms with Gasteiger partial charge in [-0.25, -0.2) is 0 Å². The first-order valence-electron chi connectivity index (χ1n) is 6.01. The molecule has 1 atom stereocenters. The van der Waals surface area contributed by atoms with E-state index in [0.717, 1.165) is 0 Å². The Morgan fingerprint density at radius 3 is 2.55 bits per heavy atom. The quantitative estimate of drug-likeness (QED) is 0.904. The number of rotatable bonds is 3. The fourth-order valence-electron chi connectivity index (χ4n) is 1.93. The first kappa shape index (κ1) is 14.8. The minimum absolute atomic E-state index is 0.155. The van der Waals surface area contributed by atoms with Crippen molar-refractivity contribution in [1.29, 1.82) is 0 Å². The Labute approximate surface area is 126 Å². The molecule has 0 aliphatic carbocycles. The molecule has 0 aliphatic heterocycles. The summed E-state index contributed by atoms with van der Waals surface area (Å²) in [4.78, 5) is 16.6. The van der Waals surface area contributed by atoms with Crippen molar-refractivity contribution < 1.29 is 9.90 Å². The average Bonchev–Trinajstić information content (AvgIpc) is 2.77. The van der Waals surface area contributed by atoms with Gasteiger partial charge in [0.1, 0.15) is 16.6 Å². The summed E-state index contributed by atoms with van der Waals surface area (Å²) < 4.78 is 0. The van der Waals surface area contributed by atoms with Crippen LogP contribution in [-0.4, -0.2) is 27.9 Å². The number of amides is 1. The first-order chi connectivity index (χ1) is 9.41. The highest BCUT2D eigenvalue weighted by atomic mass is 35.5. The molecule has 0 spiro atoms. The normalized spacial score (nSPS) is 12.2. The number of nitrogens with zero attached hydrogens (tertiary/aromatic N) is 1. The Hall–Kier alpha value is -1.65. The van der Waals surface area contributed by atoms with Crippen LogP contribution in [0.5, 0.6) is 5.75 Å². The van der Waals surface area contributed by atoms with Gasteiger partial charge >= 0.3 is 0 Å². The summed E-state index contributed by atoms with van der Waals surface area (Å²) in [6.07, 6.45) is 0. The summed E-state index contributed by atoms with van der Waals surface area (Å²) in [6, 6.07) is 8.11. The highest BCUT2D eigenvalue weighted by Gasteiger charge is 2.22. The molecule has 4 nitrogen and oxygen atoms in total. The van der Waals surface area contributed by atoms with Gasteiger partial charge in [0.15, 0.2) is 0 Å². The van der Waals surface area contributed by atoms with Crippen LogP contribution >= 0.6 is 23.2 Å². The molecule has 0 saturated carbocycles. The van der Waals surface area contributed by atoms with Crippen LogP contribution in [0.2, 0.25) is 10.2 Å². The van der Waals surface area contributed by atoms with E-state index in [0.29, 0.717) is 16.3 Å². The van der Waals surface area contributed by atoms with Gasteiger partial charge in [-0.3, -0.25) is 4.79 Å². The second-order valence-corrected chi connectivity index (χ2v) is 5.28. The van der Waals surface area contributed by atoms with E-state index < -0.39 is 0 Å². The molecular weight excluding hydrogens is 299 g/mol. The molecule has 0 aliphatic rings. The van der Waals surface area contributed by atoms with Crippen LogP contribution in [0.4, 0.5) is 0 Å². The van der Waals surface area contributed by atoms with Crippen molar-refractivity contribution in [2.24, 2.45) is 0 Å². The van der Waals surface area contributed by atoms with Gasteiger partial charge in [0.25, 0.3) is 5.91 Å². The van der Waals surface area contributed by atoms with Crippen LogP contribution in [0.1, 0.15) is 29.0 Å². The van der Waals surface area contributed by atoms with Gasteiger partial charge in [-0.15, -0.1) is 0 Å². The van der Waals surface area contributed by atoms with Crippen molar-refractivity contribution in [2.45, 2.75) is 13.0 Å². The molecule has 0 fully saturated rings. The van der Waals surface area contributed by atoms with E-state index >= 15 is 0 Å². The number of H-pyrrole nitrogens is 1. The maximum atomic E-state index is 12.3. The van der Waals surface area contributed by atoms with E-state index in [1.165, 1.54) is 11.0 Å². The Balaban J connectivity index is 2.24. The van der Waals surface area contributed by atoms with Gasteiger partial charge < -0.3 is 15.0 Å². The van der Waals surface area contributed by atoms with E-state index in [-0.39, 0.29) is 22.9 Å². The number of phenols is 1. The predicted molar refractivity (Wildman–Crippen MR) is 79.4 cm³/mol. The summed E-state index contributed by atoms with van der Waals surface area (Å²) in [7, 11) is 1.65. The molecule has 2 aromatic rings. The Kier molecular flexibility index (Phi) is 4.26. The maximum absolute atomic E-state index is 12.3. The second kappa shape index (κ2) is 5.77. The van der Waals surface area contributed by atoms with E-state index in [1.54, 1.807) is 25.2 Å². The van der Waals surface area contributed by atoms with Crippen molar-refractivity contribution in [3.63, 3.8) is 0 Å². The average molecular weight is 313 g/mol. The molecule has 1 unspecified atom stereocenters. The fraction of sp³-hybridized carbons (Fsp3) is 0.214. The number of phenolic OH excluding ortho intramolecular Hbond substituents is 1. The smallest absolute Gasteiger partial charge is 0.270 e. The number of para-hydroxylation sites is 1. The molecule has 2 rings (SSSR count). The van der Waals surface area contributed by atoms with Crippen molar-refractivity contribution in [2.75, 3.05) is 7.05 Å². The number of aromatic nitrogens is 1. The van der Waals surface area contributed by atoms with Gasteiger partial charge in [-0.1, -0.05) is 41.4 Å². The lowest BCUT2D eigenvalue weighted by Crippen LogP contribution is -2.29. The zero-order chi connectivity index (χ0) is 14.9. The molecule has 6 heteroatoms. The highest BCUT2D eigenvalue weighted by Crippen LogP contribution is 2.29. The molecule has 2 N–H and O–H groups in total. The summed E-state index contributed by atoms with van der Waals surface area (Å²) >= 11 is 11.6. The number of hydrogen-bond acceptors (Lipinski definition) is 2. The van der Waals surface area contributed by atoms with Gasteiger partial charge in [-0.2, -0.15) is 0 Å². The van der Waals surface area contributed by atoms with Crippen LogP contribution in [-0.2, 0) is 0 Å². The van der Waals surface area contributed by atoms with Crippen LogP contribution in [0.3, 0.4) is 0 Å². The SMILES string of the molecule is CC(c1ccccc1O)N(C)C(=O)c1cc(Cl)c(Cl)[nH]1. The number of hydrogen-bond donors (Lipinski definition) is 2. The van der Waals surface area contributed by atoms with Crippen molar-refractivity contribution >= 4 is 29.1 Å². The van der Waals surface area contributed by atoms with E-state index in [1.807, 2.05) is 13.0 Å². The number of carbonyl (C=O) groups is 1. The van der Waals surface area contributed by atoms with Crippen molar-refractivity contribution in [3.05, 3.63) is 51.8 Å². The maximum Gasteiger partial charge on any atom is 0.270 e. The van der Waals surface area contributed by atoms with E-state index in [4.69, 9.17) is 23.2 Å². The lowest BCUT2D eigenvalue weighted by atomic mass is 10.1. The van der Waals surface area contributed by atoms with E-state index in [9.17, 15) is 9.90 Å². The third kappa shape index (κ3) is 2.76. The summed E-state index contributed by atoms with van der Waals surface area (Å²) in [6.45, 7) is 1.83. The Bertz CT molecular complexity index is 620. The molecule has 1 heterocycles. The van der Waals surface area contributed by atoms with Gasteiger partial charge in [-0.05, 0) is 19.1 Å². The Morgan fingerprint density at radius 2 is 2.00 bits per heavy atom. The van der Waals surface area contributed by atoms with Crippen LogP contribution in [0, 0.1) is 0 Å². The topological polar surface area (TPSA) is 56.3 Å². The minimum Gasteiger partial charge on any atom is -0.508 e. The molecule has 0 bridgehead atoms. The molecule has 1 aromatic heterocycles. The molecule has 0 radical (unpaired) electrons. The largest absolute Gasteiger partial charge is 0.508 e. The third-order valence-corrected chi connectivity index (χ3v) is 3.94. The second-order valence-electron chi connectivity index (χ2n) is 4.50. The number of halogens is 2. The predicted octanol–water partition coefficient (Wildman–Crippen LogP) is 3.86. The number of aromatic amines is 1. The van der Waals surface area contributed by atoms with Crippen LogP contribution in [0.15, 0.2) is 30.3 Å². The zero-order valence-electron chi connectivity index (χ0n) is 11.0. The lowest BCUT2D eigenvalue weighted by Gasteiger charge is -2.25. The molecule has 0 saturated heterocycles. The van der Waals surface area contributed by atoms with Crippen LogP contribution in [0.25, 0.3) is 0 Å². The zero-order valence-corrected chi connectivity index (χ0v) is 12.5. The van der Waals surface area contributed by atoms with Crippen molar-refractivity contribution in [3.8, 4) is 5.75 Å². The molecule has 1 aromatic carbocycles. The fourth-order valence-corrected chi connectivity index (χ4v) is 2.25. The number of aromatic hydroxyl groups is 1. The van der Waals surface area contributed by atoms with Gasteiger partial charge in [0.05, 0.1) is 11.1 Å². The first-order valence-corrected chi connectivity index (χ1v) is 6.76. The van der Waals surface area contributed by atoms with Crippen LogP contribution < -0.4 is 0 Å². The van der Waals surface area contributed by atoms with Gasteiger partial charge in [0.2, 0.25) is 0 Å². The molecule has 20 heavy (non-hydrogen) atoms. The minimum atomic E-state index is -0.287. The molecular formula is C14H14Cl2N2O2. The highest BCUT2D eigenvalue weighted by molar-refractivity contribution is 6.41. The monoisotopic (exact) mass is 312 g/mol. The summed E-state index contributed by atoms with van der Waals surface area (Å²) in [5.74, 6) is -0.100. The summed E-state index contributed by atoms with van der Waals surface area (Å²) in [5.41, 5.74) is 0.983. The molecule has 106 valence electrons. The lowest BCUT2D eigenvalue weighted by molar-refractivity contribution is 0.0736. The third-order valence-electron chi connectivity index (χ3n) is 3.24. The van der Waals surface area contributed by atoms with E-state index in [2.05, 4.69) is 4.98 Å². The Morgan fingerprint density at radius 1 is 1.35 bits per heavy atom. The number of nitrogens with one attached hydrogen (secondary N) is 1. The number of benzene rings is 1.